The highest BCUT2D eigenvalue weighted by molar-refractivity contribution is 5.81. The Morgan fingerprint density at radius 3 is 2.56 bits per heavy atom. The zero-order chi connectivity index (χ0) is 20.4. The smallest absolute Gasteiger partial charge is 0.310 e. The van der Waals surface area contributed by atoms with Gasteiger partial charge in [-0.25, -0.2) is 0 Å². The first kappa shape index (κ1) is 22.1. The molecule has 1 aromatic rings. The first-order chi connectivity index (χ1) is 12.8. The van der Waals surface area contributed by atoms with Crippen molar-refractivity contribution < 1.29 is 24.0 Å². The Morgan fingerprint density at radius 2 is 1.96 bits per heavy atom. The molecule has 27 heavy (non-hydrogen) atoms. The Hall–Kier alpha value is -2.97. The SMILES string of the molecule is COC(=O)C(C)CN(CCCNC(C)=O)C(=O)Cc1ccccc1[N+](=O)[O-]. The lowest BCUT2D eigenvalue weighted by atomic mass is 10.1. The molecule has 0 aliphatic rings. The van der Waals surface area contributed by atoms with Crippen LogP contribution in [0.5, 0.6) is 0 Å². The van der Waals surface area contributed by atoms with Gasteiger partial charge >= 0.3 is 5.97 Å². The van der Waals surface area contributed by atoms with Crippen molar-refractivity contribution in [3.63, 3.8) is 0 Å². The highest BCUT2D eigenvalue weighted by Crippen LogP contribution is 2.19. The third-order valence-corrected chi connectivity index (χ3v) is 3.96. The maximum Gasteiger partial charge on any atom is 0.310 e. The van der Waals surface area contributed by atoms with E-state index in [4.69, 9.17) is 4.74 Å². The second kappa shape index (κ2) is 10.9. The molecule has 0 bridgehead atoms. The number of amides is 2. The van der Waals surface area contributed by atoms with E-state index in [9.17, 15) is 24.5 Å². The molecule has 0 fully saturated rings. The van der Waals surface area contributed by atoms with Crippen LogP contribution >= 0.6 is 0 Å². The summed E-state index contributed by atoms with van der Waals surface area (Å²) in [5, 5.41) is 13.8. The molecule has 0 spiro atoms. The van der Waals surface area contributed by atoms with Crippen molar-refractivity contribution in [2.75, 3.05) is 26.7 Å². The van der Waals surface area contributed by atoms with Gasteiger partial charge in [0.25, 0.3) is 5.69 Å². The largest absolute Gasteiger partial charge is 0.469 e. The Morgan fingerprint density at radius 1 is 1.30 bits per heavy atom. The normalized spacial score (nSPS) is 11.4. The van der Waals surface area contributed by atoms with Gasteiger partial charge in [-0.15, -0.1) is 0 Å². The van der Waals surface area contributed by atoms with E-state index in [1.54, 1.807) is 13.0 Å². The Kier molecular flexibility index (Phi) is 8.91. The molecule has 0 aliphatic heterocycles. The number of ether oxygens (including phenoxy) is 1. The van der Waals surface area contributed by atoms with Crippen LogP contribution in [0.3, 0.4) is 0 Å². The van der Waals surface area contributed by atoms with Crippen molar-refractivity contribution >= 4 is 23.5 Å². The number of carbonyl (C=O) groups excluding carboxylic acids is 3. The number of esters is 1. The van der Waals surface area contributed by atoms with Crippen LogP contribution in [0.1, 0.15) is 25.8 Å². The molecule has 0 radical (unpaired) electrons. The molecule has 0 saturated carbocycles. The maximum atomic E-state index is 12.7. The molecule has 1 aromatic carbocycles. The van der Waals surface area contributed by atoms with Gasteiger partial charge in [0.2, 0.25) is 11.8 Å². The van der Waals surface area contributed by atoms with Gasteiger partial charge in [0.1, 0.15) is 0 Å². The molecule has 9 heteroatoms. The second-order valence-electron chi connectivity index (χ2n) is 6.16. The lowest BCUT2D eigenvalue weighted by molar-refractivity contribution is -0.385. The van der Waals surface area contributed by atoms with Gasteiger partial charge in [-0.2, -0.15) is 0 Å². The number of benzene rings is 1. The molecule has 1 rings (SSSR count). The van der Waals surface area contributed by atoms with E-state index in [0.717, 1.165) is 0 Å². The molecule has 0 saturated heterocycles. The number of carbonyl (C=O) groups is 3. The summed E-state index contributed by atoms with van der Waals surface area (Å²) in [5.41, 5.74) is 0.190. The highest BCUT2D eigenvalue weighted by Gasteiger charge is 2.23. The Labute approximate surface area is 157 Å². The Balaban J connectivity index is 2.86. The van der Waals surface area contributed by atoms with Crippen LogP contribution < -0.4 is 5.32 Å². The lowest BCUT2D eigenvalue weighted by Crippen LogP contribution is -2.40. The quantitative estimate of drug-likeness (QED) is 0.283. The third-order valence-electron chi connectivity index (χ3n) is 3.96. The van der Waals surface area contributed by atoms with Crippen LogP contribution in [-0.2, 0) is 25.5 Å². The van der Waals surface area contributed by atoms with Crippen LogP contribution in [0.2, 0.25) is 0 Å². The topological polar surface area (TPSA) is 119 Å². The molecular weight excluding hydrogens is 354 g/mol. The molecule has 2 amide bonds. The van der Waals surface area contributed by atoms with Crippen LogP contribution in [0.25, 0.3) is 0 Å². The van der Waals surface area contributed by atoms with Crippen LogP contribution in [0.4, 0.5) is 5.69 Å². The van der Waals surface area contributed by atoms with E-state index in [1.165, 1.54) is 37.1 Å². The number of nitrogens with one attached hydrogen (secondary N) is 1. The first-order valence-corrected chi connectivity index (χ1v) is 8.58. The molecule has 9 nitrogen and oxygen atoms in total. The number of nitro groups is 1. The van der Waals surface area contributed by atoms with E-state index < -0.39 is 16.8 Å². The van der Waals surface area contributed by atoms with Crippen molar-refractivity contribution in [3.8, 4) is 0 Å². The monoisotopic (exact) mass is 379 g/mol. The summed E-state index contributed by atoms with van der Waals surface area (Å²) in [5.74, 6) is -1.48. The van der Waals surface area contributed by atoms with Gasteiger partial charge in [0.05, 0.1) is 24.4 Å². The molecule has 0 aliphatic carbocycles. The van der Waals surface area contributed by atoms with Crippen molar-refractivity contribution in [2.45, 2.75) is 26.7 Å². The highest BCUT2D eigenvalue weighted by atomic mass is 16.6. The van der Waals surface area contributed by atoms with Crippen LogP contribution in [0.15, 0.2) is 24.3 Å². The average molecular weight is 379 g/mol. The van der Waals surface area contributed by atoms with E-state index in [-0.39, 0.29) is 30.5 Å². The average Bonchev–Trinajstić information content (AvgIpc) is 2.63. The fourth-order valence-corrected chi connectivity index (χ4v) is 2.57. The van der Waals surface area contributed by atoms with Crippen LogP contribution in [-0.4, -0.2) is 54.4 Å². The minimum Gasteiger partial charge on any atom is -0.469 e. The predicted molar refractivity (Wildman–Crippen MR) is 97.9 cm³/mol. The zero-order valence-electron chi connectivity index (χ0n) is 15.8. The van der Waals surface area contributed by atoms with Crippen molar-refractivity contribution in [1.82, 2.24) is 10.2 Å². The number of rotatable bonds is 10. The standard InChI is InChI=1S/C18H25N3O6/c1-13(18(24)27-3)12-20(10-6-9-19-14(2)22)17(23)11-15-7-4-5-8-16(15)21(25)26/h4-5,7-8,13H,6,9-12H2,1-3H3,(H,19,22). The van der Waals surface area contributed by atoms with E-state index >= 15 is 0 Å². The van der Waals surface area contributed by atoms with E-state index in [2.05, 4.69) is 5.32 Å². The summed E-state index contributed by atoms with van der Waals surface area (Å²) in [7, 11) is 1.27. The fourth-order valence-electron chi connectivity index (χ4n) is 2.57. The summed E-state index contributed by atoms with van der Waals surface area (Å²) >= 11 is 0. The van der Waals surface area contributed by atoms with Gasteiger partial charge in [-0.05, 0) is 6.42 Å². The van der Waals surface area contributed by atoms with Gasteiger partial charge in [-0.1, -0.05) is 25.1 Å². The summed E-state index contributed by atoms with van der Waals surface area (Å²) < 4.78 is 4.70. The minimum absolute atomic E-state index is 0.120. The van der Waals surface area contributed by atoms with E-state index in [0.29, 0.717) is 25.1 Å². The fraction of sp³-hybridized carbons (Fsp3) is 0.500. The number of hydrogen-bond donors (Lipinski definition) is 1. The van der Waals surface area contributed by atoms with Crippen molar-refractivity contribution in [2.24, 2.45) is 5.92 Å². The van der Waals surface area contributed by atoms with Crippen LogP contribution in [0, 0.1) is 16.0 Å². The summed E-state index contributed by atoms with van der Waals surface area (Å²) in [6.45, 7) is 3.87. The van der Waals surface area contributed by atoms with Gasteiger partial charge in [0, 0.05) is 38.2 Å². The number of nitro benzene ring substituents is 1. The lowest BCUT2D eigenvalue weighted by Gasteiger charge is -2.25. The zero-order valence-corrected chi connectivity index (χ0v) is 15.8. The summed E-state index contributed by atoms with van der Waals surface area (Å²) in [4.78, 5) is 47.4. The molecular formula is C18H25N3O6. The predicted octanol–water partition coefficient (Wildman–Crippen LogP) is 1.30. The van der Waals surface area contributed by atoms with Gasteiger partial charge in [-0.3, -0.25) is 24.5 Å². The first-order valence-electron chi connectivity index (χ1n) is 8.58. The summed E-state index contributed by atoms with van der Waals surface area (Å²) in [6, 6.07) is 6.06. The molecule has 1 unspecified atom stereocenters. The minimum atomic E-state index is -0.537. The van der Waals surface area contributed by atoms with E-state index in [1.807, 2.05) is 0 Å². The number of methoxy groups -OCH3 is 1. The number of para-hydroxylation sites is 1. The molecule has 148 valence electrons. The van der Waals surface area contributed by atoms with Crippen molar-refractivity contribution in [3.05, 3.63) is 39.9 Å². The van der Waals surface area contributed by atoms with Gasteiger partial charge in [0.15, 0.2) is 0 Å². The third kappa shape index (κ3) is 7.43. The van der Waals surface area contributed by atoms with Crippen molar-refractivity contribution in [1.29, 1.82) is 0 Å². The number of nitrogens with zero attached hydrogens (tertiary/aromatic N) is 2. The second-order valence-corrected chi connectivity index (χ2v) is 6.16. The summed E-state index contributed by atoms with van der Waals surface area (Å²) in [6.07, 6.45) is 0.348. The molecule has 1 N–H and O–H groups in total. The Bertz CT molecular complexity index is 691. The molecule has 0 heterocycles. The van der Waals surface area contributed by atoms with Gasteiger partial charge < -0.3 is 15.0 Å². The molecule has 0 aromatic heterocycles. The molecule has 1 atom stereocenters. The number of hydrogen-bond acceptors (Lipinski definition) is 6. The maximum absolute atomic E-state index is 12.7.